The fourth-order valence-electron chi connectivity index (χ4n) is 9.04. The molecule has 4 atom stereocenters. The Kier molecular flexibility index (Phi) is 16.4. The van der Waals surface area contributed by atoms with Gasteiger partial charge in [0.05, 0.1) is 46.4 Å². The van der Waals surface area contributed by atoms with Crippen molar-refractivity contribution >= 4 is 46.4 Å². The molecule has 0 saturated carbocycles. The van der Waals surface area contributed by atoms with Crippen molar-refractivity contribution in [3.8, 4) is 27.3 Å². The number of aromatic nitrogens is 4. The van der Waals surface area contributed by atoms with Crippen molar-refractivity contribution in [2.75, 3.05) is 31.2 Å². The van der Waals surface area contributed by atoms with E-state index in [4.69, 9.17) is 14.0 Å². The van der Waals surface area contributed by atoms with Crippen LogP contribution < -0.4 is 15.5 Å². The Morgan fingerprint density at radius 1 is 0.900 bits per heavy atom. The molecule has 370 valence electrons. The standard InChI is InChI=1S/C54H66N8O7S/c1-33-14-15-42(49-36(4)59-69-38(49)6)26-46(33)61(44-22-20-43(21-23-44)60-28-34(2)55-31-60)24-12-11-13-25-67-30-48(64)58-51(54(8,9)10)53(66)62-29-45(68-39(7)63)27-47(62)52(65)57-35(3)40-16-18-41(19-17-40)50-37(5)56-32-70-50/h14-23,26,28,31-32,35,45,47,51H,11-13,24-25,27,29-30H2,1-10H3,(H,57,65)(H,58,64)/t35-,45+,47-,51+/m0/s1. The minimum atomic E-state index is -0.987. The highest BCUT2D eigenvalue weighted by Gasteiger charge is 2.46. The molecule has 0 spiro atoms. The van der Waals surface area contributed by atoms with E-state index in [1.807, 2.05) is 102 Å². The second kappa shape index (κ2) is 22.4. The third kappa shape index (κ3) is 12.4. The van der Waals surface area contributed by atoms with E-state index < -0.39 is 41.4 Å². The van der Waals surface area contributed by atoms with Crippen molar-refractivity contribution < 1.29 is 33.2 Å². The summed E-state index contributed by atoms with van der Waals surface area (Å²) in [5.74, 6) is -0.975. The Labute approximate surface area is 415 Å². The van der Waals surface area contributed by atoms with Gasteiger partial charge in [0.25, 0.3) is 0 Å². The van der Waals surface area contributed by atoms with Crippen LogP contribution >= 0.6 is 11.3 Å². The highest BCUT2D eigenvalue weighted by atomic mass is 32.1. The number of esters is 1. The zero-order valence-corrected chi connectivity index (χ0v) is 42.8. The number of carbonyl (C=O) groups excluding carboxylic acids is 4. The number of hydrogen-bond donors (Lipinski definition) is 2. The fourth-order valence-corrected chi connectivity index (χ4v) is 9.86. The molecule has 16 heteroatoms. The van der Waals surface area contributed by atoms with Gasteiger partial charge in [0, 0.05) is 55.3 Å². The first-order valence-corrected chi connectivity index (χ1v) is 24.8. The molecule has 3 amide bonds. The van der Waals surface area contributed by atoms with Crippen LogP contribution in [0, 0.1) is 40.0 Å². The second-order valence-electron chi connectivity index (χ2n) is 19.4. The van der Waals surface area contributed by atoms with Crippen molar-refractivity contribution in [1.29, 1.82) is 0 Å². The summed E-state index contributed by atoms with van der Waals surface area (Å²) in [6.45, 7) is 19.6. The van der Waals surface area contributed by atoms with Gasteiger partial charge in [-0.2, -0.15) is 0 Å². The van der Waals surface area contributed by atoms with Crippen LogP contribution in [0.2, 0.25) is 0 Å². The SMILES string of the molecule is CC(=O)O[C@@H]1C[C@@H](C(=O)N[C@@H](C)c2ccc(-c3scnc3C)cc2)N(C(=O)[C@@H](NC(=O)COCCCCCN(c2ccc(-n3cnc(C)c3)cc2)c2cc(-c3c(C)noc3C)ccc2C)C(C)(C)C)C1. The Morgan fingerprint density at radius 3 is 2.26 bits per heavy atom. The highest BCUT2D eigenvalue weighted by Crippen LogP contribution is 2.36. The number of rotatable bonds is 19. The van der Waals surface area contributed by atoms with Crippen molar-refractivity contribution in [3.05, 3.63) is 119 Å². The van der Waals surface area contributed by atoms with Gasteiger partial charge in [0.2, 0.25) is 17.7 Å². The lowest BCUT2D eigenvalue weighted by Gasteiger charge is -2.35. The molecule has 0 radical (unpaired) electrons. The summed E-state index contributed by atoms with van der Waals surface area (Å²) < 4.78 is 19.0. The van der Waals surface area contributed by atoms with Crippen LogP contribution in [0.5, 0.6) is 0 Å². The van der Waals surface area contributed by atoms with Crippen LogP contribution in [0.15, 0.2) is 89.3 Å². The van der Waals surface area contributed by atoms with Gasteiger partial charge in [-0.3, -0.25) is 19.2 Å². The van der Waals surface area contributed by atoms with Crippen LogP contribution in [0.3, 0.4) is 0 Å². The number of carbonyl (C=O) groups is 4. The summed E-state index contributed by atoms with van der Waals surface area (Å²) in [4.78, 5) is 67.6. The molecule has 1 aliphatic heterocycles. The summed E-state index contributed by atoms with van der Waals surface area (Å²) in [6.07, 6.45) is 5.68. The number of nitrogens with zero attached hydrogens (tertiary/aromatic N) is 6. The molecule has 15 nitrogen and oxygen atoms in total. The number of benzene rings is 3. The maximum atomic E-state index is 14.5. The molecule has 2 N–H and O–H groups in total. The summed E-state index contributed by atoms with van der Waals surface area (Å²) in [7, 11) is 0. The van der Waals surface area contributed by atoms with Gasteiger partial charge in [-0.05, 0) is 119 Å². The molecule has 0 bridgehead atoms. The predicted molar refractivity (Wildman–Crippen MR) is 272 cm³/mol. The van der Waals surface area contributed by atoms with E-state index >= 15 is 0 Å². The number of nitrogens with one attached hydrogen (secondary N) is 2. The topological polar surface area (TPSA) is 174 Å². The Bertz CT molecular complexity index is 2750. The first-order chi connectivity index (χ1) is 33.4. The maximum absolute atomic E-state index is 14.5. The summed E-state index contributed by atoms with van der Waals surface area (Å²) in [6, 6.07) is 20.6. The fraction of sp³-hybridized carbons (Fsp3) is 0.426. The molecule has 6 aromatic rings. The average molecular weight is 971 g/mol. The van der Waals surface area contributed by atoms with E-state index in [1.165, 1.54) is 11.8 Å². The normalized spacial score (nSPS) is 15.7. The van der Waals surface area contributed by atoms with E-state index in [2.05, 4.69) is 80.0 Å². The molecule has 1 saturated heterocycles. The monoisotopic (exact) mass is 970 g/mol. The minimum absolute atomic E-state index is 0.0207. The number of unbranched alkanes of at least 4 members (excludes halogenated alkanes) is 2. The lowest BCUT2D eigenvalue weighted by atomic mass is 9.85. The molecule has 0 unspecified atom stereocenters. The van der Waals surface area contributed by atoms with E-state index in [9.17, 15) is 19.2 Å². The second-order valence-corrected chi connectivity index (χ2v) is 20.2. The smallest absolute Gasteiger partial charge is 0.302 e. The zero-order valence-electron chi connectivity index (χ0n) is 42.0. The van der Waals surface area contributed by atoms with Crippen LogP contribution in [0.1, 0.15) is 100 Å². The number of imidazole rings is 1. The molecular weight excluding hydrogens is 905 g/mol. The number of aryl methyl sites for hydroxylation is 5. The number of hydrogen-bond acceptors (Lipinski definition) is 12. The number of likely N-dealkylation sites (tertiary alicyclic amines) is 1. The number of ether oxygens (including phenoxy) is 2. The molecule has 1 aliphatic rings. The van der Waals surface area contributed by atoms with E-state index in [0.29, 0.717) is 6.61 Å². The molecule has 3 aromatic heterocycles. The number of anilines is 2. The van der Waals surface area contributed by atoms with E-state index in [1.54, 1.807) is 11.3 Å². The van der Waals surface area contributed by atoms with Gasteiger partial charge in [0.1, 0.15) is 30.6 Å². The van der Waals surface area contributed by atoms with Crippen LogP contribution in [-0.4, -0.2) is 92.8 Å². The quantitative estimate of drug-likeness (QED) is 0.0585. The maximum Gasteiger partial charge on any atom is 0.302 e. The molecule has 3 aromatic carbocycles. The average Bonchev–Trinajstić information content (AvgIpc) is 4.14. The molecule has 4 heterocycles. The summed E-state index contributed by atoms with van der Waals surface area (Å²) in [5.41, 5.74) is 12.1. The van der Waals surface area contributed by atoms with E-state index in [-0.39, 0.29) is 31.5 Å². The largest absolute Gasteiger partial charge is 0.461 e. The zero-order chi connectivity index (χ0) is 50.3. The van der Waals surface area contributed by atoms with Gasteiger partial charge in [-0.15, -0.1) is 11.3 Å². The summed E-state index contributed by atoms with van der Waals surface area (Å²) in [5, 5.41) is 10.2. The molecule has 7 rings (SSSR count). The molecule has 1 fully saturated rings. The summed E-state index contributed by atoms with van der Waals surface area (Å²) >= 11 is 1.57. The Hall–Kier alpha value is -6.65. The molecule has 0 aliphatic carbocycles. The lowest BCUT2D eigenvalue weighted by molar-refractivity contribution is -0.147. The minimum Gasteiger partial charge on any atom is -0.461 e. The number of amides is 3. The van der Waals surface area contributed by atoms with E-state index in [0.717, 1.165) is 98.4 Å². The van der Waals surface area contributed by atoms with Gasteiger partial charge in [-0.1, -0.05) is 62.3 Å². The third-order valence-electron chi connectivity index (χ3n) is 12.8. The molecule has 70 heavy (non-hydrogen) atoms. The first-order valence-electron chi connectivity index (χ1n) is 24.0. The third-order valence-corrected chi connectivity index (χ3v) is 13.8. The molecular formula is C54H66N8O7S. The van der Waals surface area contributed by atoms with Crippen LogP contribution in [0.4, 0.5) is 11.4 Å². The van der Waals surface area contributed by atoms with Crippen LogP contribution in [-0.2, 0) is 28.7 Å². The van der Waals surface area contributed by atoms with Gasteiger partial charge in [-0.25, -0.2) is 9.97 Å². The first kappa shape index (κ1) is 51.2. The lowest BCUT2D eigenvalue weighted by Crippen LogP contribution is -2.58. The van der Waals surface area contributed by atoms with Gasteiger partial charge in [0.15, 0.2) is 0 Å². The highest BCUT2D eigenvalue weighted by molar-refractivity contribution is 7.13. The Balaban J connectivity index is 0.949. The van der Waals surface area contributed by atoms with Gasteiger partial charge >= 0.3 is 5.97 Å². The van der Waals surface area contributed by atoms with Crippen LogP contribution in [0.25, 0.3) is 27.3 Å². The number of thiazole rings is 1. The van der Waals surface area contributed by atoms with Gasteiger partial charge < -0.3 is 39.0 Å². The van der Waals surface area contributed by atoms with Crippen molar-refractivity contribution in [3.63, 3.8) is 0 Å². The van der Waals surface area contributed by atoms with Crippen molar-refractivity contribution in [1.82, 2.24) is 35.2 Å². The van der Waals surface area contributed by atoms with Crippen molar-refractivity contribution in [2.45, 2.75) is 119 Å². The Morgan fingerprint density at radius 2 is 1.63 bits per heavy atom. The van der Waals surface area contributed by atoms with Crippen molar-refractivity contribution in [2.24, 2.45) is 5.41 Å². The predicted octanol–water partition coefficient (Wildman–Crippen LogP) is 9.46.